The zero-order valence-electron chi connectivity index (χ0n) is 6.03. The molecule has 0 saturated heterocycles. The number of carbonyl (C=O) groups excluding carboxylic acids is 2. The number of aliphatic hydroxyl groups is 1. The van der Waals surface area contributed by atoms with Crippen LogP contribution in [0.3, 0.4) is 0 Å². The molecule has 0 aliphatic rings. The van der Waals surface area contributed by atoms with Crippen molar-refractivity contribution in [2.45, 2.75) is 0 Å². The molecule has 0 aromatic carbocycles. The molecule has 0 radical (unpaired) electrons. The molecule has 0 amide bonds. The van der Waals surface area contributed by atoms with Gasteiger partial charge in [-0.25, -0.2) is 4.79 Å². The maximum Gasteiger partial charge on any atom is 0.343 e. The van der Waals surface area contributed by atoms with Crippen molar-refractivity contribution in [2.24, 2.45) is 5.73 Å². The Morgan fingerprint density at radius 1 is 1.64 bits per heavy atom. The smallest absolute Gasteiger partial charge is 0.343 e. The quantitative estimate of drug-likeness (QED) is 0.228. The number of Topliss-reactive ketones (excluding diaryl/α,β-unsaturated/α-hetero) is 1. The molecule has 3 N–H and O–H groups in total. The van der Waals surface area contributed by atoms with E-state index in [0.717, 1.165) is 13.3 Å². The van der Waals surface area contributed by atoms with Crippen molar-refractivity contribution in [3.8, 4) is 0 Å². The van der Waals surface area contributed by atoms with Gasteiger partial charge in [0.1, 0.15) is 12.2 Å². The molecule has 0 unspecified atom stereocenters. The minimum Gasteiger partial charge on any atom is -0.465 e. The highest BCUT2D eigenvalue weighted by atomic mass is 16.5. The van der Waals surface area contributed by atoms with Crippen molar-refractivity contribution in [2.75, 3.05) is 13.7 Å². The van der Waals surface area contributed by atoms with Gasteiger partial charge in [-0.05, 0) is 0 Å². The van der Waals surface area contributed by atoms with Gasteiger partial charge in [-0.1, -0.05) is 0 Å². The van der Waals surface area contributed by atoms with E-state index < -0.39 is 18.4 Å². The third-order valence-electron chi connectivity index (χ3n) is 1.02. The lowest BCUT2D eigenvalue weighted by Crippen LogP contribution is -2.18. The van der Waals surface area contributed by atoms with Crippen LogP contribution >= 0.6 is 0 Å². The van der Waals surface area contributed by atoms with Gasteiger partial charge in [0.15, 0.2) is 5.78 Å². The summed E-state index contributed by atoms with van der Waals surface area (Å²) in [5.41, 5.74) is 4.59. The topological polar surface area (TPSA) is 89.6 Å². The van der Waals surface area contributed by atoms with Gasteiger partial charge < -0.3 is 15.6 Å². The maximum atomic E-state index is 10.6. The first kappa shape index (κ1) is 9.64. The summed E-state index contributed by atoms with van der Waals surface area (Å²) >= 11 is 0. The fourth-order valence-corrected chi connectivity index (χ4v) is 0.470. The van der Waals surface area contributed by atoms with E-state index >= 15 is 0 Å². The van der Waals surface area contributed by atoms with E-state index in [2.05, 4.69) is 4.74 Å². The SMILES string of the molecule is COC(=O)/C(=C\N)C(=O)CO. The largest absolute Gasteiger partial charge is 0.465 e. The Morgan fingerprint density at radius 2 is 2.18 bits per heavy atom. The molecule has 0 heterocycles. The van der Waals surface area contributed by atoms with Gasteiger partial charge >= 0.3 is 5.97 Å². The third kappa shape index (κ3) is 2.38. The highest BCUT2D eigenvalue weighted by molar-refractivity contribution is 6.17. The molecule has 0 spiro atoms. The lowest BCUT2D eigenvalue weighted by molar-refractivity contribution is -0.138. The molecular formula is C6H9NO4. The number of esters is 1. The van der Waals surface area contributed by atoms with Gasteiger partial charge in [-0.2, -0.15) is 0 Å². The number of ketones is 1. The van der Waals surface area contributed by atoms with Gasteiger partial charge in [0.2, 0.25) is 0 Å². The van der Waals surface area contributed by atoms with E-state index in [9.17, 15) is 9.59 Å². The summed E-state index contributed by atoms with van der Waals surface area (Å²) in [6, 6.07) is 0. The van der Waals surface area contributed by atoms with Gasteiger partial charge in [0, 0.05) is 6.20 Å². The van der Waals surface area contributed by atoms with Crippen molar-refractivity contribution in [3.05, 3.63) is 11.8 Å². The van der Waals surface area contributed by atoms with Crippen LogP contribution in [0.4, 0.5) is 0 Å². The fourth-order valence-electron chi connectivity index (χ4n) is 0.470. The summed E-state index contributed by atoms with van der Waals surface area (Å²) < 4.78 is 4.21. The van der Waals surface area contributed by atoms with E-state index in [1.807, 2.05) is 0 Å². The highest BCUT2D eigenvalue weighted by Gasteiger charge is 2.16. The summed E-state index contributed by atoms with van der Waals surface area (Å²) in [5.74, 6) is -1.59. The van der Waals surface area contributed by atoms with E-state index in [1.54, 1.807) is 0 Å². The molecule has 0 aliphatic carbocycles. The Labute approximate surface area is 63.4 Å². The van der Waals surface area contributed by atoms with Crippen molar-refractivity contribution < 1.29 is 19.4 Å². The number of rotatable bonds is 3. The van der Waals surface area contributed by atoms with Gasteiger partial charge in [-0.15, -0.1) is 0 Å². The van der Waals surface area contributed by atoms with Crippen LogP contribution in [0.5, 0.6) is 0 Å². The summed E-state index contributed by atoms with van der Waals surface area (Å²) in [6.45, 7) is -0.752. The predicted molar refractivity (Wildman–Crippen MR) is 36.4 cm³/mol. The summed E-state index contributed by atoms with van der Waals surface area (Å²) in [6.07, 6.45) is 0.810. The Morgan fingerprint density at radius 3 is 2.45 bits per heavy atom. The molecule has 0 aliphatic heterocycles. The first-order valence-corrected chi connectivity index (χ1v) is 2.81. The molecule has 5 nitrogen and oxygen atoms in total. The number of aliphatic hydroxyl groups excluding tert-OH is 1. The molecule has 0 bridgehead atoms. The third-order valence-corrected chi connectivity index (χ3v) is 1.02. The number of nitrogens with two attached hydrogens (primary N) is 1. The normalized spacial score (nSPS) is 10.9. The number of ether oxygens (including phenoxy) is 1. The van der Waals surface area contributed by atoms with Crippen molar-refractivity contribution in [3.63, 3.8) is 0 Å². The van der Waals surface area contributed by atoms with Gasteiger partial charge in [0.25, 0.3) is 0 Å². The van der Waals surface area contributed by atoms with E-state index in [4.69, 9.17) is 10.8 Å². The number of methoxy groups -OCH3 is 1. The fraction of sp³-hybridized carbons (Fsp3) is 0.333. The molecule has 0 aromatic rings. The van der Waals surface area contributed by atoms with Crippen molar-refractivity contribution in [1.29, 1.82) is 0 Å². The molecule has 0 saturated carbocycles. The Balaban J connectivity index is 4.43. The van der Waals surface area contributed by atoms with Gasteiger partial charge in [0.05, 0.1) is 7.11 Å². The minimum absolute atomic E-state index is 0.338. The van der Waals surface area contributed by atoms with Crippen LogP contribution in [0.2, 0.25) is 0 Å². The molecule has 0 aromatic heterocycles. The van der Waals surface area contributed by atoms with E-state index in [-0.39, 0.29) is 5.57 Å². The van der Waals surface area contributed by atoms with Crippen LogP contribution in [0.15, 0.2) is 11.8 Å². The number of hydrogen-bond acceptors (Lipinski definition) is 5. The van der Waals surface area contributed by atoms with Crippen LogP contribution in [0.1, 0.15) is 0 Å². The number of hydrogen-bond donors (Lipinski definition) is 2. The first-order chi connectivity index (χ1) is 5.17. The minimum atomic E-state index is -0.841. The maximum absolute atomic E-state index is 10.6. The van der Waals surface area contributed by atoms with Crippen molar-refractivity contribution in [1.82, 2.24) is 0 Å². The first-order valence-electron chi connectivity index (χ1n) is 2.81. The second-order valence-corrected chi connectivity index (χ2v) is 1.65. The lowest BCUT2D eigenvalue weighted by atomic mass is 10.2. The van der Waals surface area contributed by atoms with Gasteiger partial charge in [-0.3, -0.25) is 4.79 Å². The monoisotopic (exact) mass is 159 g/mol. The molecular weight excluding hydrogens is 150 g/mol. The summed E-state index contributed by atoms with van der Waals surface area (Å²) in [7, 11) is 1.12. The zero-order chi connectivity index (χ0) is 8.85. The van der Waals surface area contributed by atoms with Crippen molar-refractivity contribution >= 4 is 11.8 Å². The van der Waals surface area contributed by atoms with Crippen LogP contribution in [0.25, 0.3) is 0 Å². The molecule has 0 rings (SSSR count). The van der Waals surface area contributed by atoms with Crippen LogP contribution in [0, 0.1) is 0 Å². The molecule has 0 fully saturated rings. The van der Waals surface area contributed by atoms with E-state index in [0.29, 0.717) is 0 Å². The summed E-state index contributed by atoms with van der Waals surface area (Å²) in [5, 5.41) is 8.33. The molecule has 0 atom stereocenters. The molecule has 11 heavy (non-hydrogen) atoms. The predicted octanol–water partition coefficient (Wildman–Crippen LogP) is -1.44. The second-order valence-electron chi connectivity index (χ2n) is 1.65. The second kappa shape index (κ2) is 4.45. The Hall–Kier alpha value is -1.36. The highest BCUT2D eigenvalue weighted by Crippen LogP contribution is 1.96. The molecule has 62 valence electrons. The Bertz CT molecular complexity index is 179. The Kier molecular flexibility index (Phi) is 3.90. The van der Waals surface area contributed by atoms with Crippen LogP contribution < -0.4 is 5.73 Å². The molecule has 5 heteroatoms. The average Bonchev–Trinajstić information content (AvgIpc) is 2.05. The van der Waals surface area contributed by atoms with Crippen LogP contribution in [-0.4, -0.2) is 30.6 Å². The van der Waals surface area contributed by atoms with Crippen LogP contribution in [-0.2, 0) is 14.3 Å². The number of carbonyl (C=O) groups is 2. The van der Waals surface area contributed by atoms with E-state index in [1.165, 1.54) is 0 Å². The average molecular weight is 159 g/mol. The zero-order valence-corrected chi connectivity index (χ0v) is 6.03. The standard InChI is InChI=1S/C6H9NO4/c1-11-6(10)4(2-7)5(9)3-8/h2,8H,3,7H2,1H3/b4-2-. The lowest BCUT2D eigenvalue weighted by Gasteiger charge is -1.99. The summed E-state index contributed by atoms with van der Waals surface area (Å²) in [4.78, 5) is 21.3.